The first-order valence-electron chi connectivity index (χ1n) is 5.84. The predicted molar refractivity (Wildman–Crippen MR) is 68.5 cm³/mol. The average molecular weight is 237 g/mol. The summed E-state index contributed by atoms with van der Waals surface area (Å²) >= 11 is 0. The normalized spacial score (nSPS) is 10.0. The number of aliphatic carboxylic acids is 1. The summed E-state index contributed by atoms with van der Waals surface area (Å²) in [6, 6.07) is 3.86. The maximum absolute atomic E-state index is 10.3. The van der Waals surface area contributed by atoms with Crippen LogP contribution in [0.2, 0.25) is 0 Å². The van der Waals surface area contributed by atoms with E-state index in [1.165, 1.54) is 0 Å². The summed E-state index contributed by atoms with van der Waals surface area (Å²) in [6.07, 6.45) is 1.84. The van der Waals surface area contributed by atoms with Crippen molar-refractivity contribution in [2.75, 3.05) is 29.9 Å². The van der Waals surface area contributed by atoms with Crippen LogP contribution in [0.3, 0.4) is 0 Å². The van der Waals surface area contributed by atoms with Crippen LogP contribution in [0.4, 0.5) is 11.5 Å². The van der Waals surface area contributed by atoms with Gasteiger partial charge in [-0.1, -0.05) is 0 Å². The number of hydrogen-bond donors (Lipinski definition) is 2. The number of hydrogen-bond acceptors (Lipinski definition) is 4. The van der Waals surface area contributed by atoms with E-state index >= 15 is 0 Å². The number of aromatic nitrogens is 1. The van der Waals surface area contributed by atoms with Crippen LogP contribution in [0.1, 0.15) is 20.3 Å². The molecule has 5 nitrogen and oxygen atoms in total. The van der Waals surface area contributed by atoms with E-state index in [1.54, 1.807) is 6.20 Å². The SMILES string of the molecule is CCN(CC)c1ccc(NCCC(=O)O)cn1. The summed E-state index contributed by atoms with van der Waals surface area (Å²) < 4.78 is 0. The molecule has 0 spiro atoms. The molecule has 17 heavy (non-hydrogen) atoms. The first-order chi connectivity index (χ1) is 8.17. The fraction of sp³-hybridized carbons (Fsp3) is 0.500. The van der Waals surface area contributed by atoms with Crippen molar-refractivity contribution in [3.8, 4) is 0 Å². The highest BCUT2D eigenvalue weighted by molar-refractivity contribution is 5.67. The molecule has 0 saturated heterocycles. The minimum atomic E-state index is -0.801. The summed E-state index contributed by atoms with van der Waals surface area (Å²) in [6.45, 7) is 6.45. The largest absolute Gasteiger partial charge is 0.481 e. The molecule has 5 heteroatoms. The minimum absolute atomic E-state index is 0.109. The van der Waals surface area contributed by atoms with Crippen LogP contribution in [0.25, 0.3) is 0 Å². The summed E-state index contributed by atoms with van der Waals surface area (Å²) in [5.74, 6) is 0.143. The Labute approximate surface area is 101 Å². The number of nitrogens with zero attached hydrogens (tertiary/aromatic N) is 2. The van der Waals surface area contributed by atoms with E-state index in [0.29, 0.717) is 6.54 Å². The molecule has 0 fully saturated rings. The van der Waals surface area contributed by atoms with Gasteiger partial charge in [-0.05, 0) is 26.0 Å². The summed E-state index contributed by atoms with van der Waals surface area (Å²) in [7, 11) is 0. The van der Waals surface area contributed by atoms with Crippen LogP contribution in [0.15, 0.2) is 18.3 Å². The fourth-order valence-corrected chi connectivity index (χ4v) is 1.54. The van der Waals surface area contributed by atoms with Crippen LogP contribution in [0.5, 0.6) is 0 Å². The third kappa shape index (κ3) is 4.30. The Kier molecular flexibility index (Phi) is 5.26. The molecule has 1 aromatic rings. The van der Waals surface area contributed by atoms with E-state index in [9.17, 15) is 4.79 Å². The third-order valence-electron chi connectivity index (χ3n) is 2.50. The second-order valence-corrected chi connectivity index (χ2v) is 3.65. The first kappa shape index (κ1) is 13.3. The Morgan fingerprint density at radius 1 is 1.41 bits per heavy atom. The van der Waals surface area contributed by atoms with Gasteiger partial charge in [0, 0.05) is 19.6 Å². The Hall–Kier alpha value is -1.78. The van der Waals surface area contributed by atoms with Gasteiger partial charge in [0.15, 0.2) is 0 Å². The van der Waals surface area contributed by atoms with Gasteiger partial charge in [0.05, 0.1) is 18.3 Å². The molecule has 0 unspecified atom stereocenters. The lowest BCUT2D eigenvalue weighted by Gasteiger charge is -2.19. The zero-order valence-electron chi connectivity index (χ0n) is 10.3. The molecule has 0 bridgehead atoms. The molecule has 0 aliphatic carbocycles. The monoisotopic (exact) mass is 237 g/mol. The van der Waals surface area contributed by atoms with Crippen LogP contribution < -0.4 is 10.2 Å². The van der Waals surface area contributed by atoms with Gasteiger partial charge in [-0.2, -0.15) is 0 Å². The molecular weight excluding hydrogens is 218 g/mol. The fourth-order valence-electron chi connectivity index (χ4n) is 1.54. The Balaban J connectivity index is 2.52. The molecule has 0 amide bonds. The number of anilines is 2. The second-order valence-electron chi connectivity index (χ2n) is 3.65. The van der Waals surface area contributed by atoms with Crippen LogP contribution in [-0.2, 0) is 4.79 Å². The Morgan fingerprint density at radius 2 is 2.12 bits per heavy atom. The number of carboxylic acids is 1. The average Bonchev–Trinajstić information content (AvgIpc) is 2.32. The number of pyridine rings is 1. The summed E-state index contributed by atoms with van der Waals surface area (Å²) in [5, 5.41) is 11.5. The number of carbonyl (C=O) groups is 1. The van der Waals surface area contributed by atoms with Gasteiger partial charge in [-0.25, -0.2) is 4.98 Å². The van der Waals surface area contributed by atoms with Crippen molar-refractivity contribution in [2.45, 2.75) is 20.3 Å². The van der Waals surface area contributed by atoms with Gasteiger partial charge in [0.1, 0.15) is 5.82 Å². The number of rotatable bonds is 7. The van der Waals surface area contributed by atoms with Crippen molar-refractivity contribution in [1.82, 2.24) is 4.98 Å². The highest BCUT2D eigenvalue weighted by Gasteiger charge is 2.03. The van der Waals surface area contributed by atoms with E-state index in [0.717, 1.165) is 24.6 Å². The van der Waals surface area contributed by atoms with Crippen molar-refractivity contribution in [2.24, 2.45) is 0 Å². The molecule has 0 saturated carbocycles. The topological polar surface area (TPSA) is 65.5 Å². The quantitative estimate of drug-likeness (QED) is 0.757. The molecule has 1 rings (SSSR count). The van der Waals surface area contributed by atoms with Gasteiger partial charge >= 0.3 is 5.97 Å². The molecule has 1 heterocycles. The van der Waals surface area contributed by atoms with Gasteiger partial charge in [0.2, 0.25) is 0 Å². The van der Waals surface area contributed by atoms with Gasteiger partial charge < -0.3 is 15.3 Å². The van der Waals surface area contributed by atoms with Crippen molar-refractivity contribution < 1.29 is 9.90 Å². The zero-order chi connectivity index (χ0) is 12.7. The van der Waals surface area contributed by atoms with Gasteiger partial charge in [-0.15, -0.1) is 0 Å². The van der Waals surface area contributed by atoms with E-state index in [1.807, 2.05) is 12.1 Å². The summed E-state index contributed by atoms with van der Waals surface area (Å²) in [5.41, 5.74) is 0.849. The smallest absolute Gasteiger partial charge is 0.305 e. The molecule has 0 atom stereocenters. The molecule has 2 N–H and O–H groups in total. The molecule has 94 valence electrons. The predicted octanol–water partition coefficient (Wildman–Crippen LogP) is 1.81. The Morgan fingerprint density at radius 3 is 2.59 bits per heavy atom. The lowest BCUT2D eigenvalue weighted by atomic mass is 10.3. The number of carboxylic acid groups (broad SMARTS) is 1. The minimum Gasteiger partial charge on any atom is -0.481 e. The number of nitrogens with one attached hydrogen (secondary N) is 1. The van der Waals surface area contributed by atoms with Crippen molar-refractivity contribution in [3.63, 3.8) is 0 Å². The lowest BCUT2D eigenvalue weighted by molar-refractivity contribution is -0.136. The second kappa shape index (κ2) is 6.73. The van der Waals surface area contributed by atoms with Crippen LogP contribution >= 0.6 is 0 Å². The van der Waals surface area contributed by atoms with Crippen LogP contribution in [0, 0.1) is 0 Å². The molecule has 1 aromatic heterocycles. The maximum atomic E-state index is 10.3. The maximum Gasteiger partial charge on any atom is 0.305 e. The van der Waals surface area contributed by atoms with Crippen LogP contribution in [-0.4, -0.2) is 35.7 Å². The molecule has 0 radical (unpaired) electrons. The van der Waals surface area contributed by atoms with Crippen molar-refractivity contribution in [1.29, 1.82) is 0 Å². The summed E-state index contributed by atoms with van der Waals surface area (Å²) in [4.78, 5) is 16.8. The van der Waals surface area contributed by atoms with Crippen molar-refractivity contribution in [3.05, 3.63) is 18.3 Å². The van der Waals surface area contributed by atoms with E-state index in [-0.39, 0.29) is 6.42 Å². The van der Waals surface area contributed by atoms with E-state index in [2.05, 4.69) is 29.0 Å². The van der Waals surface area contributed by atoms with E-state index < -0.39 is 5.97 Å². The molecule has 0 aromatic carbocycles. The van der Waals surface area contributed by atoms with E-state index in [4.69, 9.17) is 5.11 Å². The molecule has 0 aliphatic heterocycles. The Bertz CT molecular complexity index is 347. The first-order valence-corrected chi connectivity index (χ1v) is 5.84. The van der Waals surface area contributed by atoms with Gasteiger partial charge in [0.25, 0.3) is 0 Å². The third-order valence-corrected chi connectivity index (χ3v) is 2.50. The molecular formula is C12H19N3O2. The lowest BCUT2D eigenvalue weighted by Crippen LogP contribution is -2.22. The van der Waals surface area contributed by atoms with Crippen molar-refractivity contribution >= 4 is 17.5 Å². The molecule has 0 aliphatic rings. The standard InChI is InChI=1S/C12H19N3O2/c1-3-15(4-2)11-6-5-10(9-14-11)13-8-7-12(16)17/h5-6,9,13H,3-4,7-8H2,1-2H3,(H,16,17). The zero-order valence-corrected chi connectivity index (χ0v) is 10.3. The highest BCUT2D eigenvalue weighted by atomic mass is 16.4. The van der Waals surface area contributed by atoms with Gasteiger partial charge in [-0.3, -0.25) is 4.79 Å². The highest BCUT2D eigenvalue weighted by Crippen LogP contribution is 2.13.